The lowest BCUT2D eigenvalue weighted by Gasteiger charge is -2.07. The highest BCUT2D eigenvalue weighted by Gasteiger charge is 2.42. The van der Waals surface area contributed by atoms with Gasteiger partial charge in [-0.25, -0.2) is 0 Å². The molecule has 0 aliphatic carbocycles. The van der Waals surface area contributed by atoms with Gasteiger partial charge in [0.1, 0.15) is 6.20 Å². The van der Waals surface area contributed by atoms with Gasteiger partial charge in [-0.2, -0.15) is 18.3 Å². The van der Waals surface area contributed by atoms with E-state index < -0.39 is 22.5 Å². The monoisotopic (exact) mass is 209 g/mol. The first-order valence-corrected chi connectivity index (χ1v) is 3.65. The van der Waals surface area contributed by atoms with Crippen LogP contribution in [0.25, 0.3) is 0 Å². The molecule has 0 aromatic carbocycles. The van der Waals surface area contributed by atoms with Gasteiger partial charge in [-0.1, -0.05) is 0 Å². The van der Waals surface area contributed by atoms with Crippen LogP contribution in [0.3, 0.4) is 0 Å². The molecule has 1 aromatic rings. The van der Waals surface area contributed by atoms with Crippen LogP contribution in [-0.2, 0) is 12.7 Å². The molecule has 78 valence electrons. The van der Waals surface area contributed by atoms with Crippen molar-refractivity contribution in [1.82, 2.24) is 9.78 Å². The van der Waals surface area contributed by atoms with E-state index in [0.29, 0.717) is 10.9 Å². The molecule has 0 amide bonds. The average Bonchev–Trinajstić information content (AvgIpc) is 2.45. The van der Waals surface area contributed by atoms with Crippen molar-refractivity contribution in [3.05, 3.63) is 22.0 Å². The molecule has 0 bridgehead atoms. The third-order valence-corrected chi connectivity index (χ3v) is 1.58. The maximum absolute atomic E-state index is 12.3. The van der Waals surface area contributed by atoms with Crippen LogP contribution in [0.15, 0.2) is 6.20 Å². The molecule has 0 unspecified atom stereocenters. The fourth-order valence-corrected chi connectivity index (χ4v) is 1.04. The summed E-state index contributed by atoms with van der Waals surface area (Å²) in [5, 5.41) is 13.5. The predicted octanol–water partition coefficient (Wildman–Crippen LogP) is 1.83. The number of nitro groups is 1. The SMILES string of the molecule is CCn1ncc([N+](=O)[O-])c1C(F)(F)F. The Morgan fingerprint density at radius 2 is 2.21 bits per heavy atom. The predicted molar refractivity (Wildman–Crippen MR) is 39.6 cm³/mol. The molecule has 0 radical (unpaired) electrons. The Kier molecular flexibility index (Phi) is 2.45. The second kappa shape index (κ2) is 3.28. The molecule has 1 aromatic heterocycles. The van der Waals surface area contributed by atoms with Crippen molar-refractivity contribution in [2.24, 2.45) is 0 Å². The quantitative estimate of drug-likeness (QED) is 0.551. The maximum atomic E-state index is 12.3. The Morgan fingerprint density at radius 1 is 1.64 bits per heavy atom. The molecule has 5 nitrogen and oxygen atoms in total. The summed E-state index contributed by atoms with van der Waals surface area (Å²) in [5.74, 6) is 0. The molecule has 14 heavy (non-hydrogen) atoms. The molecule has 0 saturated carbocycles. The van der Waals surface area contributed by atoms with Crippen LogP contribution in [0.4, 0.5) is 18.9 Å². The summed E-state index contributed by atoms with van der Waals surface area (Å²) < 4.78 is 37.5. The van der Waals surface area contributed by atoms with Gasteiger partial charge >= 0.3 is 11.9 Å². The van der Waals surface area contributed by atoms with Crippen LogP contribution in [-0.4, -0.2) is 14.7 Å². The van der Waals surface area contributed by atoms with Gasteiger partial charge in [0, 0.05) is 6.54 Å². The number of aryl methyl sites for hydroxylation is 1. The van der Waals surface area contributed by atoms with Crippen LogP contribution in [0.5, 0.6) is 0 Å². The van der Waals surface area contributed by atoms with E-state index >= 15 is 0 Å². The Bertz CT molecular complexity index is 358. The Labute approximate surface area is 76.3 Å². The van der Waals surface area contributed by atoms with Gasteiger partial charge in [-0.05, 0) is 6.92 Å². The zero-order valence-electron chi connectivity index (χ0n) is 7.08. The van der Waals surface area contributed by atoms with Gasteiger partial charge in [0.05, 0.1) is 4.92 Å². The maximum Gasteiger partial charge on any atom is 0.439 e. The van der Waals surface area contributed by atoms with E-state index in [0.717, 1.165) is 0 Å². The van der Waals surface area contributed by atoms with E-state index in [1.54, 1.807) is 0 Å². The number of hydrogen-bond donors (Lipinski definition) is 0. The van der Waals surface area contributed by atoms with E-state index in [-0.39, 0.29) is 6.54 Å². The second-order valence-electron chi connectivity index (χ2n) is 2.45. The molecule has 0 spiro atoms. The summed E-state index contributed by atoms with van der Waals surface area (Å²) in [6, 6.07) is 0. The summed E-state index contributed by atoms with van der Waals surface area (Å²) in [5.41, 5.74) is -2.33. The molecule has 0 aliphatic heterocycles. The van der Waals surface area contributed by atoms with Crippen molar-refractivity contribution < 1.29 is 18.1 Å². The second-order valence-corrected chi connectivity index (χ2v) is 2.45. The molecular formula is C6H6F3N3O2. The molecule has 0 atom stereocenters. The van der Waals surface area contributed by atoms with Crippen molar-refractivity contribution in [3.8, 4) is 0 Å². The van der Waals surface area contributed by atoms with E-state index in [1.807, 2.05) is 0 Å². The Hall–Kier alpha value is -1.60. The van der Waals surface area contributed by atoms with Crippen molar-refractivity contribution in [3.63, 3.8) is 0 Å². The molecular weight excluding hydrogens is 203 g/mol. The van der Waals surface area contributed by atoms with Gasteiger partial charge in [0.25, 0.3) is 0 Å². The summed E-state index contributed by atoms with van der Waals surface area (Å²) in [6.45, 7) is 1.36. The lowest BCUT2D eigenvalue weighted by Crippen LogP contribution is -2.15. The fraction of sp³-hybridized carbons (Fsp3) is 0.500. The van der Waals surface area contributed by atoms with Gasteiger partial charge in [-0.15, -0.1) is 0 Å². The first-order valence-electron chi connectivity index (χ1n) is 3.65. The molecule has 1 rings (SSSR count). The Balaban J connectivity index is 3.34. The normalized spacial score (nSPS) is 11.7. The van der Waals surface area contributed by atoms with Crippen molar-refractivity contribution in [1.29, 1.82) is 0 Å². The lowest BCUT2D eigenvalue weighted by molar-refractivity contribution is -0.388. The van der Waals surface area contributed by atoms with Crippen LogP contribution >= 0.6 is 0 Å². The van der Waals surface area contributed by atoms with Crippen molar-refractivity contribution in [2.45, 2.75) is 19.6 Å². The summed E-state index contributed by atoms with van der Waals surface area (Å²) in [4.78, 5) is 9.15. The number of nitrogens with zero attached hydrogens (tertiary/aromatic N) is 3. The van der Waals surface area contributed by atoms with Gasteiger partial charge in [0.15, 0.2) is 0 Å². The number of alkyl halides is 3. The van der Waals surface area contributed by atoms with Crippen LogP contribution in [0.2, 0.25) is 0 Å². The molecule has 0 saturated heterocycles. The molecule has 0 aliphatic rings. The Morgan fingerprint density at radius 3 is 2.57 bits per heavy atom. The van der Waals surface area contributed by atoms with E-state index in [4.69, 9.17) is 0 Å². The minimum atomic E-state index is -4.76. The first kappa shape index (κ1) is 10.5. The van der Waals surface area contributed by atoms with Crippen molar-refractivity contribution >= 4 is 5.69 Å². The minimum absolute atomic E-state index is 0.0668. The number of halogens is 3. The van der Waals surface area contributed by atoms with Gasteiger partial charge in [-0.3, -0.25) is 14.8 Å². The average molecular weight is 209 g/mol. The third-order valence-electron chi connectivity index (χ3n) is 1.58. The smallest absolute Gasteiger partial charge is 0.258 e. The lowest BCUT2D eigenvalue weighted by atomic mass is 10.3. The third kappa shape index (κ3) is 1.68. The topological polar surface area (TPSA) is 61.0 Å². The standard InChI is InChI=1S/C6H6F3N3O2/c1-2-11-5(6(7,8)9)4(3-10-11)12(13)14/h3H,2H2,1H3. The largest absolute Gasteiger partial charge is 0.439 e. The van der Waals surface area contributed by atoms with Crippen LogP contribution in [0, 0.1) is 10.1 Å². The van der Waals surface area contributed by atoms with Crippen molar-refractivity contribution in [2.75, 3.05) is 0 Å². The first-order chi connectivity index (χ1) is 6.38. The number of aromatic nitrogens is 2. The van der Waals surface area contributed by atoms with E-state index in [1.165, 1.54) is 6.92 Å². The molecule has 1 heterocycles. The van der Waals surface area contributed by atoms with E-state index in [9.17, 15) is 23.3 Å². The highest BCUT2D eigenvalue weighted by Crippen LogP contribution is 2.35. The molecule has 0 fully saturated rings. The van der Waals surface area contributed by atoms with Gasteiger partial charge in [0.2, 0.25) is 5.69 Å². The minimum Gasteiger partial charge on any atom is -0.258 e. The summed E-state index contributed by atoms with van der Waals surface area (Å²) in [6.07, 6.45) is -4.15. The highest BCUT2D eigenvalue weighted by molar-refractivity contribution is 5.35. The molecule has 0 N–H and O–H groups in total. The van der Waals surface area contributed by atoms with Gasteiger partial charge < -0.3 is 0 Å². The number of hydrogen-bond acceptors (Lipinski definition) is 3. The van der Waals surface area contributed by atoms with Crippen LogP contribution in [0.1, 0.15) is 12.6 Å². The summed E-state index contributed by atoms with van der Waals surface area (Å²) in [7, 11) is 0. The summed E-state index contributed by atoms with van der Waals surface area (Å²) >= 11 is 0. The zero-order chi connectivity index (χ0) is 10.9. The number of rotatable bonds is 2. The fourth-order valence-electron chi connectivity index (χ4n) is 1.04. The van der Waals surface area contributed by atoms with E-state index in [2.05, 4.69) is 5.10 Å². The molecule has 8 heteroatoms. The highest BCUT2D eigenvalue weighted by atomic mass is 19.4. The van der Waals surface area contributed by atoms with Crippen LogP contribution < -0.4 is 0 Å². The zero-order valence-corrected chi connectivity index (χ0v) is 7.08.